The number of nitrogens with zero attached hydrogens (tertiary/aromatic N) is 2. The third-order valence-corrected chi connectivity index (χ3v) is 3.04. The summed E-state index contributed by atoms with van der Waals surface area (Å²) in [4.78, 5) is 4.76. The van der Waals surface area contributed by atoms with Gasteiger partial charge in [-0.05, 0) is 60.0 Å². The van der Waals surface area contributed by atoms with E-state index in [-0.39, 0.29) is 0 Å². The predicted molar refractivity (Wildman–Crippen MR) is 74.0 cm³/mol. The second kappa shape index (κ2) is 11.4. The summed E-state index contributed by atoms with van der Waals surface area (Å²) in [6.07, 6.45) is 9.60. The van der Waals surface area contributed by atoms with Crippen molar-refractivity contribution in [3.8, 4) is 0 Å². The molecule has 0 bridgehead atoms. The molecule has 0 amide bonds. The van der Waals surface area contributed by atoms with Gasteiger partial charge in [0.05, 0.1) is 0 Å². The van der Waals surface area contributed by atoms with E-state index >= 15 is 0 Å². The summed E-state index contributed by atoms with van der Waals surface area (Å²) in [6.45, 7) is 6.07. The molecule has 0 rings (SSSR count). The van der Waals surface area contributed by atoms with Crippen LogP contribution in [-0.4, -0.2) is 50.6 Å². The molecule has 0 radical (unpaired) electrons. The first-order chi connectivity index (χ1) is 7.66. The van der Waals surface area contributed by atoms with Crippen LogP contribution < -0.4 is 0 Å². The van der Waals surface area contributed by atoms with Crippen molar-refractivity contribution in [1.82, 2.24) is 9.80 Å². The lowest BCUT2D eigenvalue weighted by atomic mass is 10.2. The molecular formula is C14H32N2. The van der Waals surface area contributed by atoms with Gasteiger partial charge in [-0.15, -0.1) is 0 Å². The van der Waals surface area contributed by atoms with Crippen molar-refractivity contribution < 1.29 is 0 Å². The lowest BCUT2D eigenvalue weighted by Crippen LogP contribution is -2.21. The smallest absolute Gasteiger partial charge is 0.00218 e. The van der Waals surface area contributed by atoms with Crippen LogP contribution in [-0.2, 0) is 0 Å². The Balaban J connectivity index is 3.14. The van der Waals surface area contributed by atoms with E-state index in [1.165, 1.54) is 64.6 Å². The molecule has 0 unspecified atom stereocenters. The molecule has 0 atom stereocenters. The molecular weight excluding hydrogens is 196 g/mol. The van der Waals surface area contributed by atoms with Crippen molar-refractivity contribution in [3.05, 3.63) is 0 Å². The van der Waals surface area contributed by atoms with Crippen LogP contribution in [0.1, 0.15) is 51.9 Å². The first kappa shape index (κ1) is 15.9. The van der Waals surface area contributed by atoms with E-state index in [4.69, 9.17) is 0 Å². The Kier molecular flexibility index (Phi) is 11.3. The maximum atomic E-state index is 2.49. The highest BCUT2D eigenvalue weighted by Gasteiger charge is 1.98. The molecule has 0 spiro atoms. The van der Waals surface area contributed by atoms with Gasteiger partial charge in [-0.2, -0.15) is 0 Å². The summed E-state index contributed by atoms with van der Waals surface area (Å²) < 4.78 is 0. The Morgan fingerprint density at radius 2 is 1.12 bits per heavy atom. The highest BCUT2D eigenvalue weighted by molar-refractivity contribution is 4.54. The molecule has 16 heavy (non-hydrogen) atoms. The Labute approximate surface area is 103 Å². The molecule has 2 nitrogen and oxygen atoms in total. The number of hydrogen-bond acceptors (Lipinski definition) is 2. The Morgan fingerprint density at radius 3 is 1.62 bits per heavy atom. The summed E-state index contributed by atoms with van der Waals surface area (Å²) in [5.41, 5.74) is 0. The lowest BCUT2D eigenvalue weighted by Gasteiger charge is -2.16. The molecule has 2 heteroatoms. The Morgan fingerprint density at radius 1 is 0.625 bits per heavy atom. The zero-order chi connectivity index (χ0) is 12.2. The quantitative estimate of drug-likeness (QED) is 0.501. The minimum Gasteiger partial charge on any atom is -0.309 e. The van der Waals surface area contributed by atoms with Gasteiger partial charge in [-0.3, -0.25) is 0 Å². The second-order valence-corrected chi connectivity index (χ2v) is 5.23. The normalized spacial score (nSPS) is 11.6. The Hall–Kier alpha value is -0.0800. The van der Waals surface area contributed by atoms with Crippen LogP contribution in [0.5, 0.6) is 0 Å². The number of rotatable bonds is 11. The minimum atomic E-state index is 1.24. The van der Waals surface area contributed by atoms with Crippen LogP contribution in [0.4, 0.5) is 0 Å². The van der Waals surface area contributed by atoms with Gasteiger partial charge in [-0.1, -0.05) is 32.6 Å². The molecule has 0 aromatic carbocycles. The average molecular weight is 228 g/mol. The number of hydrogen-bond donors (Lipinski definition) is 0. The third-order valence-electron chi connectivity index (χ3n) is 3.04. The van der Waals surface area contributed by atoms with E-state index in [0.29, 0.717) is 0 Å². The van der Waals surface area contributed by atoms with Crippen LogP contribution >= 0.6 is 0 Å². The fourth-order valence-corrected chi connectivity index (χ4v) is 1.91. The van der Waals surface area contributed by atoms with Crippen LogP contribution in [0, 0.1) is 0 Å². The van der Waals surface area contributed by atoms with Crippen LogP contribution in [0.2, 0.25) is 0 Å². The third kappa shape index (κ3) is 12.0. The molecule has 0 saturated heterocycles. The molecule has 0 heterocycles. The molecule has 0 aliphatic heterocycles. The molecule has 0 aromatic rings. The largest absolute Gasteiger partial charge is 0.309 e. The van der Waals surface area contributed by atoms with Crippen molar-refractivity contribution in [2.75, 3.05) is 40.8 Å². The van der Waals surface area contributed by atoms with Gasteiger partial charge in [0, 0.05) is 0 Å². The van der Waals surface area contributed by atoms with E-state index in [9.17, 15) is 0 Å². The summed E-state index contributed by atoms with van der Waals surface area (Å²) in [5, 5.41) is 0. The Bertz CT molecular complexity index is 135. The first-order valence-electron chi connectivity index (χ1n) is 7.00. The van der Waals surface area contributed by atoms with E-state index < -0.39 is 0 Å². The number of unbranched alkanes of at least 4 members (excludes halogenated alkanes) is 5. The van der Waals surface area contributed by atoms with Gasteiger partial charge < -0.3 is 9.80 Å². The fraction of sp³-hybridized carbons (Fsp3) is 1.00. The van der Waals surface area contributed by atoms with Crippen LogP contribution in [0.25, 0.3) is 0 Å². The van der Waals surface area contributed by atoms with Crippen molar-refractivity contribution in [1.29, 1.82) is 0 Å². The van der Waals surface area contributed by atoms with Gasteiger partial charge in [0.25, 0.3) is 0 Å². The molecule has 98 valence electrons. The van der Waals surface area contributed by atoms with Gasteiger partial charge in [0.1, 0.15) is 0 Å². The maximum absolute atomic E-state index is 2.49. The topological polar surface area (TPSA) is 6.48 Å². The van der Waals surface area contributed by atoms with Gasteiger partial charge >= 0.3 is 0 Å². The van der Waals surface area contributed by atoms with Crippen molar-refractivity contribution in [2.45, 2.75) is 51.9 Å². The lowest BCUT2D eigenvalue weighted by molar-refractivity contribution is 0.310. The predicted octanol–water partition coefficient (Wildman–Crippen LogP) is 3.23. The van der Waals surface area contributed by atoms with E-state index in [2.05, 4.69) is 37.9 Å². The zero-order valence-corrected chi connectivity index (χ0v) is 12.0. The highest BCUT2D eigenvalue weighted by Crippen LogP contribution is 2.02. The first-order valence-corrected chi connectivity index (χ1v) is 7.00. The maximum Gasteiger partial charge on any atom is -0.00218 e. The second-order valence-electron chi connectivity index (χ2n) is 5.23. The summed E-state index contributed by atoms with van der Waals surface area (Å²) >= 11 is 0. The van der Waals surface area contributed by atoms with Crippen molar-refractivity contribution >= 4 is 0 Å². The van der Waals surface area contributed by atoms with Crippen molar-refractivity contribution in [2.24, 2.45) is 0 Å². The minimum absolute atomic E-state index is 1.24. The van der Waals surface area contributed by atoms with Crippen LogP contribution in [0.3, 0.4) is 0 Å². The molecule has 0 N–H and O–H groups in total. The molecule has 0 aromatic heterocycles. The fourth-order valence-electron chi connectivity index (χ4n) is 1.91. The average Bonchev–Trinajstić information content (AvgIpc) is 2.23. The van der Waals surface area contributed by atoms with Gasteiger partial charge in [0.15, 0.2) is 0 Å². The van der Waals surface area contributed by atoms with Crippen molar-refractivity contribution in [3.63, 3.8) is 0 Å². The highest BCUT2D eigenvalue weighted by atomic mass is 15.1. The SMILES string of the molecule is CCCCCCN(C)CCCCCN(C)C. The molecule has 0 fully saturated rings. The van der Waals surface area contributed by atoms with Gasteiger partial charge in [-0.25, -0.2) is 0 Å². The summed E-state index contributed by atoms with van der Waals surface area (Å²) in [7, 11) is 6.57. The zero-order valence-electron chi connectivity index (χ0n) is 12.0. The van der Waals surface area contributed by atoms with Crippen LogP contribution in [0.15, 0.2) is 0 Å². The van der Waals surface area contributed by atoms with Gasteiger partial charge in [0.2, 0.25) is 0 Å². The monoisotopic (exact) mass is 228 g/mol. The molecule has 0 saturated carbocycles. The molecule has 0 aliphatic carbocycles. The van der Waals surface area contributed by atoms with E-state index in [0.717, 1.165) is 0 Å². The van der Waals surface area contributed by atoms with E-state index in [1.807, 2.05) is 0 Å². The molecule has 0 aliphatic rings. The summed E-state index contributed by atoms with van der Waals surface area (Å²) in [5.74, 6) is 0. The van der Waals surface area contributed by atoms with E-state index in [1.54, 1.807) is 0 Å². The summed E-state index contributed by atoms with van der Waals surface area (Å²) in [6, 6.07) is 0. The standard InChI is InChI=1S/C14H32N2/c1-5-6-7-10-13-16(4)14-11-8-9-12-15(2)3/h5-14H2,1-4H3.